The molecule has 3 amide bonds. The number of benzene rings is 1. The Labute approximate surface area is 163 Å². The molecular formula is C18H23ClN4O2S. The van der Waals surface area contributed by atoms with Gasteiger partial charge >= 0.3 is 6.03 Å². The molecule has 0 radical (unpaired) electrons. The predicted molar refractivity (Wildman–Crippen MR) is 108 cm³/mol. The van der Waals surface area contributed by atoms with Gasteiger partial charge in [-0.05, 0) is 37.1 Å². The lowest BCUT2D eigenvalue weighted by Gasteiger charge is -2.28. The summed E-state index contributed by atoms with van der Waals surface area (Å²) in [6.07, 6.45) is 4.03. The van der Waals surface area contributed by atoms with Crippen LogP contribution in [0.25, 0.3) is 0 Å². The van der Waals surface area contributed by atoms with Crippen molar-refractivity contribution in [1.82, 2.24) is 5.32 Å². The van der Waals surface area contributed by atoms with Crippen LogP contribution in [0.3, 0.4) is 0 Å². The van der Waals surface area contributed by atoms with E-state index >= 15 is 0 Å². The second kappa shape index (κ2) is 9.02. The van der Waals surface area contributed by atoms with Crippen molar-refractivity contribution in [3.8, 4) is 0 Å². The number of rotatable bonds is 5. The van der Waals surface area contributed by atoms with Crippen molar-refractivity contribution >= 4 is 46.4 Å². The Kier molecular flexibility index (Phi) is 7.02. The fourth-order valence-electron chi connectivity index (χ4n) is 3.06. The topological polar surface area (TPSA) is 96.2 Å². The molecule has 5 N–H and O–H groups in total. The van der Waals surface area contributed by atoms with Gasteiger partial charge in [-0.25, -0.2) is 4.79 Å². The summed E-state index contributed by atoms with van der Waals surface area (Å²) >= 11 is 1.25. The van der Waals surface area contributed by atoms with Gasteiger partial charge < -0.3 is 16.4 Å². The Hall–Kier alpha value is -2.09. The molecular weight excluding hydrogens is 372 g/mol. The van der Waals surface area contributed by atoms with Crippen molar-refractivity contribution in [2.45, 2.75) is 31.2 Å². The van der Waals surface area contributed by atoms with E-state index in [4.69, 9.17) is 5.73 Å². The second-order valence-electron chi connectivity index (χ2n) is 6.25. The minimum atomic E-state index is -0.339. The Bertz CT molecular complexity index is 745. The van der Waals surface area contributed by atoms with E-state index < -0.39 is 0 Å². The molecule has 1 aromatic heterocycles. The van der Waals surface area contributed by atoms with Crippen LogP contribution >= 0.6 is 23.7 Å². The van der Waals surface area contributed by atoms with Crippen LogP contribution in [0.2, 0.25) is 0 Å². The van der Waals surface area contributed by atoms with Crippen LogP contribution in [0.4, 0.5) is 15.5 Å². The molecule has 140 valence electrons. The third kappa shape index (κ3) is 4.97. The molecule has 0 aliphatic heterocycles. The van der Waals surface area contributed by atoms with E-state index in [2.05, 4.69) is 16.0 Å². The zero-order chi connectivity index (χ0) is 17.7. The van der Waals surface area contributed by atoms with E-state index in [-0.39, 0.29) is 29.9 Å². The third-order valence-corrected chi connectivity index (χ3v) is 5.43. The highest BCUT2D eigenvalue weighted by Crippen LogP contribution is 2.30. The molecule has 0 atom stereocenters. The maximum atomic E-state index is 12.5. The summed E-state index contributed by atoms with van der Waals surface area (Å²) in [4.78, 5) is 25.0. The number of hydrogen-bond donors (Lipinski definition) is 4. The highest BCUT2D eigenvalue weighted by atomic mass is 35.5. The Morgan fingerprint density at radius 2 is 1.73 bits per heavy atom. The van der Waals surface area contributed by atoms with Gasteiger partial charge in [-0.2, -0.15) is 0 Å². The molecule has 0 unspecified atom stereocenters. The first kappa shape index (κ1) is 20.2. The first-order chi connectivity index (χ1) is 12.1. The van der Waals surface area contributed by atoms with Gasteiger partial charge in [0.1, 0.15) is 0 Å². The molecule has 1 aliphatic carbocycles. The zero-order valence-electron chi connectivity index (χ0n) is 14.3. The molecule has 0 spiro atoms. The summed E-state index contributed by atoms with van der Waals surface area (Å²) in [5, 5.41) is 9.19. The third-order valence-electron chi connectivity index (χ3n) is 4.43. The SMILES string of the molecule is Cl.NCC1(NC(=O)c2ccc(NC(=O)Nc3ccccc3)s2)CCCC1. The first-order valence-corrected chi connectivity index (χ1v) is 9.17. The average molecular weight is 395 g/mol. The van der Waals surface area contributed by atoms with Gasteiger partial charge in [-0.15, -0.1) is 23.7 Å². The Balaban J connectivity index is 0.00000243. The Morgan fingerprint density at radius 3 is 2.38 bits per heavy atom. The number of urea groups is 1. The predicted octanol–water partition coefficient (Wildman–Crippen LogP) is 3.82. The lowest BCUT2D eigenvalue weighted by Crippen LogP contribution is -2.51. The van der Waals surface area contributed by atoms with E-state index in [0.717, 1.165) is 25.7 Å². The van der Waals surface area contributed by atoms with E-state index in [1.807, 2.05) is 18.2 Å². The number of carbonyl (C=O) groups is 2. The Morgan fingerprint density at radius 1 is 1.04 bits per heavy atom. The maximum Gasteiger partial charge on any atom is 0.324 e. The van der Waals surface area contributed by atoms with Crippen LogP contribution in [0, 0.1) is 0 Å². The molecule has 0 saturated heterocycles. The van der Waals surface area contributed by atoms with Crippen molar-refractivity contribution in [1.29, 1.82) is 0 Å². The van der Waals surface area contributed by atoms with Gasteiger partial charge in [0.05, 0.1) is 15.4 Å². The van der Waals surface area contributed by atoms with Crippen LogP contribution in [-0.2, 0) is 0 Å². The maximum absolute atomic E-state index is 12.5. The number of halogens is 1. The van der Waals surface area contributed by atoms with Crippen molar-refractivity contribution < 1.29 is 9.59 Å². The molecule has 2 aromatic rings. The monoisotopic (exact) mass is 394 g/mol. The van der Waals surface area contributed by atoms with Crippen LogP contribution < -0.4 is 21.7 Å². The van der Waals surface area contributed by atoms with Gasteiger partial charge in [0.25, 0.3) is 5.91 Å². The van der Waals surface area contributed by atoms with Gasteiger partial charge in [0.15, 0.2) is 0 Å². The van der Waals surface area contributed by atoms with Crippen molar-refractivity contribution in [2.24, 2.45) is 5.73 Å². The van der Waals surface area contributed by atoms with Crippen molar-refractivity contribution in [3.05, 3.63) is 47.3 Å². The highest BCUT2D eigenvalue weighted by Gasteiger charge is 2.34. The molecule has 0 bridgehead atoms. The minimum Gasteiger partial charge on any atom is -0.345 e. The minimum absolute atomic E-state index is 0. The molecule has 26 heavy (non-hydrogen) atoms. The van der Waals surface area contributed by atoms with E-state index in [1.165, 1.54) is 11.3 Å². The number of nitrogens with one attached hydrogen (secondary N) is 3. The molecule has 3 rings (SSSR count). The fraction of sp³-hybridized carbons (Fsp3) is 0.333. The van der Waals surface area contributed by atoms with E-state index in [0.29, 0.717) is 22.1 Å². The molecule has 1 aromatic carbocycles. The van der Waals surface area contributed by atoms with E-state index in [9.17, 15) is 9.59 Å². The summed E-state index contributed by atoms with van der Waals surface area (Å²) in [6.45, 7) is 0.453. The average Bonchev–Trinajstić information content (AvgIpc) is 3.26. The first-order valence-electron chi connectivity index (χ1n) is 8.36. The number of amides is 3. The molecule has 1 fully saturated rings. The van der Waals surface area contributed by atoms with Gasteiger partial charge in [0, 0.05) is 12.2 Å². The quantitative estimate of drug-likeness (QED) is 0.620. The molecule has 6 nitrogen and oxygen atoms in total. The molecule has 1 heterocycles. The highest BCUT2D eigenvalue weighted by molar-refractivity contribution is 7.18. The summed E-state index contributed by atoms with van der Waals surface area (Å²) in [5.74, 6) is -0.131. The van der Waals surface area contributed by atoms with Crippen molar-refractivity contribution in [2.75, 3.05) is 17.2 Å². The van der Waals surface area contributed by atoms with Crippen LogP contribution in [0.5, 0.6) is 0 Å². The molecule has 8 heteroatoms. The number of anilines is 2. The zero-order valence-corrected chi connectivity index (χ0v) is 15.9. The summed E-state index contributed by atoms with van der Waals surface area (Å²) in [6, 6.07) is 12.3. The lowest BCUT2D eigenvalue weighted by atomic mass is 9.98. The van der Waals surface area contributed by atoms with Gasteiger partial charge in [0.2, 0.25) is 0 Å². The fourth-order valence-corrected chi connectivity index (χ4v) is 3.85. The standard InChI is InChI=1S/C18H22N4O2S.ClH/c19-12-18(10-4-5-11-18)22-16(23)14-8-9-15(25-14)21-17(24)20-13-6-2-1-3-7-13;/h1-3,6-9H,4-5,10-12,19H2,(H,22,23)(H2,20,21,24);1H. The number of thiophene rings is 1. The molecule has 1 saturated carbocycles. The van der Waals surface area contributed by atoms with Crippen LogP contribution in [-0.4, -0.2) is 24.0 Å². The summed E-state index contributed by atoms with van der Waals surface area (Å²) in [7, 11) is 0. The normalized spacial score (nSPS) is 15.0. The van der Waals surface area contributed by atoms with Crippen LogP contribution in [0.15, 0.2) is 42.5 Å². The molecule has 1 aliphatic rings. The summed E-state index contributed by atoms with van der Waals surface area (Å²) in [5.41, 5.74) is 6.29. The van der Waals surface area contributed by atoms with Gasteiger partial charge in [-0.3, -0.25) is 10.1 Å². The smallest absolute Gasteiger partial charge is 0.324 e. The largest absolute Gasteiger partial charge is 0.345 e. The number of para-hydroxylation sites is 1. The second-order valence-corrected chi connectivity index (χ2v) is 7.34. The number of carbonyl (C=O) groups excluding carboxylic acids is 2. The van der Waals surface area contributed by atoms with Crippen molar-refractivity contribution in [3.63, 3.8) is 0 Å². The number of hydrogen-bond acceptors (Lipinski definition) is 4. The van der Waals surface area contributed by atoms with E-state index in [1.54, 1.807) is 24.3 Å². The number of nitrogens with two attached hydrogens (primary N) is 1. The summed E-state index contributed by atoms with van der Waals surface area (Å²) < 4.78 is 0. The van der Waals surface area contributed by atoms with Gasteiger partial charge in [-0.1, -0.05) is 31.0 Å². The lowest BCUT2D eigenvalue weighted by molar-refractivity contribution is 0.0907. The van der Waals surface area contributed by atoms with Crippen LogP contribution in [0.1, 0.15) is 35.4 Å².